The second-order valence-corrected chi connectivity index (χ2v) is 4.90. The molecule has 76 valence electrons. The van der Waals surface area contributed by atoms with Crippen LogP contribution in [0.4, 0.5) is 0 Å². The molecular weight excluding hydrogens is 326 g/mol. The number of nitrogens with zero attached hydrogens (tertiary/aromatic N) is 1. The van der Waals surface area contributed by atoms with Gasteiger partial charge in [0.15, 0.2) is 0 Å². The fourth-order valence-corrected chi connectivity index (χ4v) is 2.64. The topological polar surface area (TPSA) is 12.4 Å². The summed E-state index contributed by atoms with van der Waals surface area (Å²) in [7, 11) is 0. The summed E-state index contributed by atoms with van der Waals surface area (Å²) < 4.78 is 6.03. The van der Waals surface area contributed by atoms with E-state index in [1.165, 1.54) is 5.57 Å². The minimum Gasteiger partial charge on any atom is -0.218 e. The minimum absolute atomic E-state index is 0.891. The summed E-state index contributed by atoms with van der Waals surface area (Å²) >= 11 is 11.0. The van der Waals surface area contributed by atoms with Gasteiger partial charge >= 0.3 is 0 Å². The highest BCUT2D eigenvalue weighted by Gasteiger charge is 2.18. The van der Waals surface area contributed by atoms with E-state index in [1.807, 2.05) is 12.2 Å². The van der Waals surface area contributed by atoms with Gasteiger partial charge in [0, 0.05) is 14.5 Å². The third-order valence-corrected chi connectivity index (χ3v) is 3.64. The summed E-state index contributed by atoms with van der Waals surface area (Å²) in [5, 5.41) is 0. The van der Waals surface area contributed by atoms with Crippen LogP contribution in [0.15, 0.2) is 36.7 Å². The lowest BCUT2D eigenvalue weighted by atomic mass is 9.99. The molecule has 0 unspecified atom stereocenters. The van der Waals surface area contributed by atoms with Gasteiger partial charge in [0.05, 0.1) is 5.71 Å². The van der Waals surface area contributed by atoms with E-state index in [0.29, 0.717) is 0 Å². The van der Waals surface area contributed by atoms with E-state index in [9.17, 15) is 0 Å². The molecule has 0 aromatic rings. The lowest BCUT2D eigenvalue weighted by Crippen LogP contribution is -2.08. The first-order valence-corrected chi connectivity index (χ1v) is 6.26. The van der Waals surface area contributed by atoms with Crippen LogP contribution < -0.4 is 0 Å². The Labute approximate surface area is 107 Å². The number of thiol groups is 1. The Morgan fingerprint density at radius 3 is 2.43 bits per heavy atom. The van der Waals surface area contributed by atoms with Crippen LogP contribution in [0.25, 0.3) is 0 Å². The summed E-state index contributed by atoms with van der Waals surface area (Å²) in [4.78, 5) is 0. The maximum atomic E-state index is 4.00. The van der Waals surface area contributed by atoms with Crippen LogP contribution >= 0.6 is 44.7 Å². The van der Waals surface area contributed by atoms with Crippen molar-refractivity contribution in [2.24, 2.45) is 4.40 Å². The van der Waals surface area contributed by atoms with Crippen molar-refractivity contribution in [2.45, 2.75) is 20.3 Å². The van der Waals surface area contributed by atoms with Crippen LogP contribution in [0, 0.1) is 0 Å². The largest absolute Gasteiger partial charge is 0.218 e. The average Bonchev–Trinajstić information content (AvgIpc) is 2.19. The van der Waals surface area contributed by atoms with E-state index >= 15 is 0 Å². The Morgan fingerprint density at radius 1 is 1.36 bits per heavy atom. The van der Waals surface area contributed by atoms with Gasteiger partial charge in [0.1, 0.15) is 0 Å². The summed E-state index contributed by atoms with van der Waals surface area (Å²) in [6.07, 6.45) is 4.98. The molecule has 1 aliphatic carbocycles. The van der Waals surface area contributed by atoms with Crippen LogP contribution in [0.3, 0.4) is 0 Å². The molecule has 0 aromatic carbocycles. The Balaban J connectivity index is 3.31. The van der Waals surface area contributed by atoms with Crippen molar-refractivity contribution in [1.29, 1.82) is 0 Å². The van der Waals surface area contributed by atoms with Crippen LogP contribution in [-0.2, 0) is 0 Å². The quantitative estimate of drug-likeness (QED) is 0.673. The SMILES string of the molecule is CC/C(C)=C1\C(Br)=CC=C(Br)C1=NS. The fraction of sp³-hybridized carbons (Fsp3) is 0.300. The zero-order valence-corrected chi connectivity index (χ0v) is 12.1. The van der Waals surface area contributed by atoms with Crippen LogP contribution in [0.2, 0.25) is 0 Å². The van der Waals surface area contributed by atoms with Crippen molar-refractivity contribution in [3.05, 3.63) is 32.3 Å². The Morgan fingerprint density at radius 2 is 1.93 bits per heavy atom. The normalized spacial score (nSPS) is 23.4. The van der Waals surface area contributed by atoms with Crippen LogP contribution in [-0.4, -0.2) is 5.71 Å². The highest BCUT2D eigenvalue weighted by atomic mass is 79.9. The number of hydrogen-bond donors (Lipinski definition) is 1. The molecule has 0 heterocycles. The maximum absolute atomic E-state index is 4.00. The predicted molar refractivity (Wildman–Crippen MR) is 73.4 cm³/mol. The van der Waals surface area contributed by atoms with Gasteiger partial charge in [-0.1, -0.05) is 28.4 Å². The van der Waals surface area contributed by atoms with Gasteiger partial charge in [-0.3, -0.25) is 0 Å². The number of allylic oxidation sites excluding steroid dienone is 6. The van der Waals surface area contributed by atoms with Crippen LogP contribution in [0.1, 0.15) is 20.3 Å². The second kappa shape index (κ2) is 5.33. The average molecular weight is 337 g/mol. The summed E-state index contributed by atoms with van der Waals surface area (Å²) in [5.41, 5.74) is 3.32. The molecule has 1 aliphatic rings. The first-order valence-electron chi connectivity index (χ1n) is 4.27. The molecule has 0 saturated heterocycles. The van der Waals surface area contributed by atoms with Gasteiger partial charge in [0.2, 0.25) is 0 Å². The molecule has 1 nitrogen and oxygen atoms in total. The highest BCUT2D eigenvalue weighted by Crippen LogP contribution is 2.32. The molecule has 0 radical (unpaired) electrons. The first-order chi connectivity index (χ1) is 6.61. The molecular formula is C10H11Br2NS. The van der Waals surface area contributed by atoms with E-state index in [2.05, 4.69) is 62.9 Å². The maximum Gasteiger partial charge on any atom is 0.0934 e. The molecule has 0 spiro atoms. The van der Waals surface area contributed by atoms with Crippen molar-refractivity contribution >= 4 is 50.4 Å². The predicted octanol–water partition coefficient (Wildman–Crippen LogP) is 4.57. The van der Waals surface area contributed by atoms with Gasteiger partial charge in [-0.2, -0.15) is 0 Å². The third kappa shape index (κ3) is 2.41. The zero-order valence-electron chi connectivity index (χ0n) is 8.01. The van der Waals surface area contributed by atoms with Crippen molar-refractivity contribution in [2.75, 3.05) is 0 Å². The highest BCUT2D eigenvalue weighted by molar-refractivity contribution is 9.12. The van der Waals surface area contributed by atoms with Gasteiger partial charge in [0.25, 0.3) is 0 Å². The van der Waals surface area contributed by atoms with E-state index in [0.717, 1.165) is 26.7 Å². The van der Waals surface area contributed by atoms with Gasteiger partial charge in [-0.15, -0.1) is 0 Å². The summed E-state index contributed by atoms with van der Waals surface area (Å²) in [6, 6.07) is 0. The summed E-state index contributed by atoms with van der Waals surface area (Å²) in [5.74, 6) is 0. The monoisotopic (exact) mass is 335 g/mol. The Kier molecular flexibility index (Phi) is 4.67. The fourth-order valence-electron chi connectivity index (χ4n) is 1.22. The molecule has 0 N–H and O–H groups in total. The van der Waals surface area contributed by atoms with Gasteiger partial charge in [-0.25, -0.2) is 4.40 Å². The third-order valence-electron chi connectivity index (χ3n) is 2.13. The molecule has 1 rings (SSSR count). The zero-order chi connectivity index (χ0) is 10.7. The molecule has 0 aromatic heterocycles. The number of rotatable bonds is 1. The molecule has 0 atom stereocenters. The van der Waals surface area contributed by atoms with E-state index in [4.69, 9.17) is 0 Å². The van der Waals surface area contributed by atoms with E-state index < -0.39 is 0 Å². The van der Waals surface area contributed by atoms with Crippen molar-refractivity contribution < 1.29 is 0 Å². The molecule has 0 saturated carbocycles. The van der Waals surface area contributed by atoms with Gasteiger partial charge < -0.3 is 0 Å². The summed E-state index contributed by atoms with van der Waals surface area (Å²) in [6.45, 7) is 4.24. The van der Waals surface area contributed by atoms with Crippen molar-refractivity contribution in [3.63, 3.8) is 0 Å². The lowest BCUT2D eigenvalue weighted by molar-refractivity contribution is 1.09. The van der Waals surface area contributed by atoms with Crippen molar-refractivity contribution in [1.82, 2.24) is 0 Å². The second-order valence-electron chi connectivity index (χ2n) is 2.99. The molecule has 0 bridgehead atoms. The standard InChI is InChI=1S/C10H11Br2NS/c1-3-6(2)9-7(11)4-5-8(12)10(9)13-14/h4-5,14H,3H2,1-2H3/b9-6+,13-10?. The molecule has 0 fully saturated rings. The van der Waals surface area contributed by atoms with E-state index in [-0.39, 0.29) is 0 Å². The Hall–Kier alpha value is 0.200. The smallest absolute Gasteiger partial charge is 0.0934 e. The lowest BCUT2D eigenvalue weighted by Gasteiger charge is -2.16. The van der Waals surface area contributed by atoms with Crippen molar-refractivity contribution in [3.8, 4) is 0 Å². The minimum atomic E-state index is 0.891. The molecule has 4 heteroatoms. The first kappa shape index (κ1) is 12.3. The molecule has 0 aliphatic heterocycles. The number of hydrogen-bond acceptors (Lipinski definition) is 2. The molecule has 0 amide bonds. The van der Waals surface area contributed by atoms with Crippen LogP contribution in [0.5, 0.6) is 0 Å². The number of halogens is 2. The Bertz CT molecular complexity index is 364. The van der Waals surface area contributed by atoms with E-state index in [1.54, 1.807) is 0 Å². The van der Waals surface area contributed by atoms with Gasteiger partial charge in [-0.05, 0) is 54.2 Å². The molecule has 14 heavy (non-hydrogen) atoms.